The van der Waals surface area contributed by atoms with E-state index in [9.17, 15) is 30.0 Å². The van der Waals surface area contributed by atoms with Gasteiger partial charge in [0.1, 0.15) is 11.4 Å². The van der Waals surface area contributed by atoms with E-state index in [1.165, 1.54) is 20.8 Å². The summed E-state index contributed by atoms with van der Waals surface area (Å²) < 4.78 is 80.3. The molecule has 0 fully saturated rings. The maximum Gasteiger partial charge on any atom is 1.00 e. The first-order chi connectivity index (χ1) is 9.67. The summed E-state index contributed by atoms with van der Waals surface area (Å²) >= 11 is 0. The van der Waals surface area contributed by atoms with Crippen LogP contribution in [0.1, 0.15) is 31.1 Å². The van der Waals surface area contributed by atoms with E-state index in [2.05, 4.69) is 4.18 Å². The second-order valence-electron chi connectivity index (χ2n) is 5.34. The van der Waals surface area contributed by atoms with Crippen LogP contribution in [0.3, 0.4) is 0 Å². The average Bonchev–Trinajstić information content (AvgIpc) is 2.22. The molecule has 0 heterocycles. The van der Waals surface area contributed by atoms with Gasteiger partial charge in [0.05, 0.1) is 5.56 Å². The Morgan fingerprint density at radius 2 is 1.65 bits per heavy atom. The summed E-state index contributed by atoms with van der Waals surface area (Å²) in [6, 6.07) is 1.41. The molecule has 0 amide bonds. The molecule has 0 N–H and O–H groups in total. The Morgan fingerprint density at radius 1 is 1.13 bits per heavy atom. The van der Waals surface area contributed by atoms with Crippen molar-refractivity contribution in [1.29, 1.82) is 0 Å². The van der Waals surface area contributed by atoms with E-state index in [0.29, 0.717) is 12.1 Å². The van der Waals surface area contributed by atoms with Crippen molar-refractivity contribution in [3.05, 3.63) is 23.8 Å². The molecule has 1 aromatic rings. The third-order valence-corrected chi connectivity index (χ3v) is 2.53. The first-order valence-corrected chi connectivity index (χ1v) is 7.20. The van der Waals surface area contributed by atoms with Gasteiger partial charge in [-0.25, -0.2) is 4.79 Å². The van der Waals surface area contributed by atoms with Crippen LogP contribution in [-0.2, 0) is 15.2 Å². The van der Waals surface area contributed by atoms with Crippen molar-refractivity contribution in [1.82, 2.24) is 0 Å². The molecular weight excluding hydrogens is 370 g/mol. The minimum Gasteiger partial charge on any atom is -0.456 e. The molecule has 0 saturated carbocycles. The number of carbonyl (C=O) groups is 1. The zero-order valence-electron chi connectivity index (χ0n) is 12.8. The molecule has 0 atom stereocenters. The molecule has 0 bridgehead atoms. The molecule has 0 aromatic heterocycles. The van der Waals surface area contributed by atoms with Gasteiger partial charge in [0.15, 0.2) is 0 Å². The number of hydrogen-bond donors (Lipinski definition) is 0. The van der Waals surface area contributed by atoms with E-state index in [-0.39, 0.29) is 57.5 Å². The Hall–Kier alpha value is -0.139. The molecule has 0 radical (unpaired) electrons. The molecule has 1 aromatic carbocycles. The van der Waals surface area contributed by atoms with Crippen LogP contribution in [0.15, 0.2) is 18.2 Å². The quantitative estimate of drug-likeness (QED) is 0.298. The molecular formula is C11H12BF4KO5S. The Morgan fingerprint density at radius 3 is 2.04 bits per heavy atom. The van der Waals surface area contributed by atoms with Crippen molar-refractivity contribution < 1.29 is 90.3 Å². The Kier molecular flexibility index (Phi) is 7.78. The van der Waals surface area contributed by atoms with Gasteiger partial charge in [0.25, 0.3) is 0 Å². The minimum absolute atomic E-state index is 0. The second kappa shape index (κ2) is 7.83. The van der Waals surface area contributed by atoms with Crippen molar-refractivity contribution >= 4 is 28.9 Å². The molecule has 0 spiro atoms. The van der Waals surface area contributed by atoms with Crippen LogP contribution in [0.2, 0.25) is 0 Å². The van der Waals surface area contributed by atoms with Crippen molar-refractivity contribution in [3.63, 3.8) is 0 Å². The van der Waals surface area contributed by atoms with Crippen LogP contribution in [0.4, 0.5) is 16.8 Å². The zero-order valence-corrected chi connectivity index (χ0v) is 16.7. The van der Waals surface area contributed by atoms with Crippen molar-refractivity contribution in [3.8, 4) is 5.75 Å². The van der Waals surface area contributed by atoms with Crippen molar-refractivity contribution in [2.75, 3.05) is 0 Å². The number of hydrogen-bond acceptors (Lipinski definition) is 5. The van der Waals surface area contributed by atoms with E-state index in [4.69, 9.17) is 4.74 Å². The van der Waals surface area contributed by atoms with E-state index in [1.54, 1.807) is 0 Å². The van der Waals surface area contributed by atoms with Gasteiger partial charge >= 0.3 is 74.8 Å². The Bertz CT molecular complexity index is 685. The molecule has 0 saturated heterocycles. The van der Waals surface area contributed by atoms with Crippen LogP contribution >= 0.6 is 0 Å². The topological polar surface area (TPSA) is 69.7 Å². The van der Waals surface area contributed by atoms with Crippen LogP contribution in [0.25, 0.3) is 0 Å². The second-order valence-corrected chi connectivity index (χ2v) is 6.30. The molecule has 23 heavy (non-hydrogen) atoms. The molecule has 12 heteroatoms. The summed E-state index contributed by atoms with van der Waals surface area (Å²) in [5.74, 6) is -2.10. The van der Waals surface area contributed by atoms with E-state index < -0.39 is 45.8 Å². The van der Waals surface area contributed by atoms with Gasteiger partial charge in [-0.1, -0.05) is 9.95 Å². The van der Waals surface area contributed by atoms with Crippen LogP contribution < -0.4 is 61.0 Å². The predicted molar refractivity (Wildman–Crippen MR) is 71.0 cm³/mol. The molecule has 0 aliphatic carbocycles. The summed E-state index contributed by atoms with van der Waals surface area (Å²) in [5.41, 5.74) is -2.91. The summed E-state index contributed by atoms with van der Waals surface area (Å²) in [7, 11) is -5.53. The number of rotatable bonds is 4. The molecule has 5 nitrogen and oxygen atoms in total. The normalized spacial score (nSPS) is 12.3. The number of esters is 1. The first kappa shape index (κ1) is 22.9. The van der Waals surface area contributed by atoms with E-state index in [0.717, 1.165) is 0 Å². The molecule has 0 aliphatic rings. The fourth-order valence-corrected chi connectivity index (χ4v) is 1.76. The Labute approximate surface area is 173 Å². The monoisotopic (exact) mass is 382 g/mol. The number of halogens is 4. The van der Waals surface area contributed by atoms with Gasteiger partial charge in [-0.05, 0) is 32.9 Å². The summed E-state index contributed by atoms with van der Waals surface area (Å²) in [5, 5.41) is 0. The summed E-state index contributed by atoms with van der Waals surface area (Å²) in [6.07, 6.45) is 0. The maximum absolute atomic E-state index is 12.8. The van der Waals surface area contributed by atoms with E-state index >= 15 is 0 Å². The molecule has 124 valence electrons. The summed E-state index contributed by atoms with van der Waals surface area (Å²) in [6.45, 7) is -1.09. The SMILES string of the molecule is CC(C)(C)OC(=O)c1cc(OS(=O)(=O)F)cc([B-](F)(F)F)c1.[K+]. The zero-order chi connectivity index (χ0) is 17.3. The Balaban J connectivity index is 0.00000484. The van der Waals surface area contributed by atoms with Gasteiger partial charge in [-0.2, -0.15) is 8.42 Å². The average molecular weight is 382 g/mol. The van der Waals surface area contributed by atoms with Gasteiger partial charge in [0.2, 0.25) is 0 Å². The fourth-order valence-electron chi connectivity index (χ4n) is 1.43. The number of ether oxygens (including phenoxy) is 1. The van der Waals surface area contributed by atoms with Gasteiger partial charge in [-0.15, -0.1) is 5.46 Å². The fraction of sp³-hybridized carbons (Fsp3) is 0.364. The van der Waals surface area contributed by atoms with Crippen LogP contribution in [0, 0.1) is 0 Å². The molecule has 0 aliphatic heterocycles. The minimum atomic E-state index is -5.56. The van der Waals surface area contributed by atoms with Gasteiger partial charge in [-0.3, -0.25) is 0 Å². The van der Waals surface area contributed by atoms with Crippen LogP contribution in [-0.4, -0.2) is 27.0 Å². The largest absolute Gasteiger partial charge is 1.00 e. The number of benzene rings is 1. The van der Waals surface area contributed by atoms with Gasteiger partial charge in [0, 0.05) is 0 Å². The summed E-state index contributed by atoms with van der Waals surface area (Å²) in [4.78, 5) is 11.8. The third-order valence-electron chi connectivity index (χ3n) is 2.14. The van der Waals surface area contributed by atoms with Crippen LogP contribution in [0.5, 0.6) is 5.75 Å². The smallest absolute Gasteiger partial charge is 0.456 e. The number of carbonyl (C=O) groups excluding carboxylic acids is 1. The molecule has 1 rings (SSSR count). The maximum atomic E-state index is 12.8. The van der Waals surface area contributed by atoms with Gasteiger partial charge < -0.3 is 21.9 Å². The standard InChI is InChI=1S/C11H12BF4O5S.K/c1-11(2,3)20-10(17)7-4-8(12(13,14)15)6-9(5-7)21-22(16,18)19;/h4-6H,1-3H3;/q-1;+1. The third kappa shape index (κ3) is 8.50. The van der Waals surface area contributed by atoms with Crippen molar-refractivity contribution in [2.45, 2.75) is 26.4 Å². The molecule has 0 unspecified atom stereocenters. The van der Waals surface area contributed by atoms with E-state index in [1.807, 2.05) is 0 Å². The predicted octanol–water partition coefficient (Wildman–Crippen LogP) is -0.707. The first-order valence-electron chi connectivity index (χ1n) is 5.90. The van der Waals surface area contributed by atoms with Crippen molar-refractivity contribution in [2.24, 2.45) is 0 Å².